The smallest absolute Gasteiger partial charge is 0.339 e. The second kappa shape index (κ2) is 6.05. The first-order valence-electron chi connectivity index (χ1n) is 6.42. The van der Waals surface area contributed by atoms with E-state index in [1.54, 1.807) is 4.90 Å². The van der Waals surface area contributed by atoms with Crippen LogP contribution in [0.4, 0.5) is 13.2 Å². The lowest BCUT2D eigenvalue weighted by molar-refractivity contribution is -0.137. The molecule has 1 aromatic rings. The Hall–Kier alpha value is -2.21. The number of rotatable bonds is 2. The van der Waals surface area contributed by atoms with Crippen molar-refractivity contribution in [1.29, 1.82) is 0 Å². The van der Waals surface area contributed by atoms with Gasteiger partial charge in [-0.05, 0) is 42.6 Å². The zero-order valence-electron chi connectivity index (χ0n) is 11.0. The third-order valence-corrected chi connectivity index (χ3v) is 3.43. The summed E-state index contributed by atoms with van der Waals surface area (Å²) in [5, 5.41) is 3.61. The zero-order valence-corrected chi connectivity index (χ0v) is 11.0. The average molecular weight is 298 g/mol. The molecular weight excluding hydrogens is 285 g/mol. The molecule has 8 heteroatoms. The van der Waals surface area contributed by atoms with Gasteiger partial charge in [0.2, 0.25) is 0 Å². The topological polar surface area (TPSA) is 69.1 Å². The molecule has 0 saturated carbocycles. The molecule has 1 aromatic carbocycles. The zero-order chi connectivity index (χ0) is 15.5. The fourth-order valence-electron chi connectivity index (χ4n) is 2.24. The maximum atomic E-state index is 12.5. The Kier molecular flexibility index (Phi) is 4.37. The van der Waals surface area contributed by atoms with Gasteiger partial charge in [0.05, 0.1) is 5.56 Å². The lowest BCUT2D eigenvalue weighted by atomic mass is 10.0. The van der Waals surface area contributed by atoms with E-state index >= 15 is 0 Å². The van der Waals surface area contributed by atoms with Crippen LogP contribution in [0.1, 0.15) is 28.8 Å². The van der Waals surface area contributed by atoms with Crippen molar-refractivity contribution in [2.75, 3.05) is 13.1 Å². The lowest BCUT2D eigenvalue weighted by Crippen LogP contribution is -2.39. The van der Waals surface area contributed by atoms with E-state index in [9.17, 15) is 18.0 Å². The quantitative estimate of drug-likeness (QED) is 0.467. The third kappa shape index (κ3) is 3.66. The van der Waals surface area contributed by atoms with Crippen molar-refractivity contribution in [2.24, 2.45) is 5.11 Å². The molecule has 1 saturated heterocycles. The molecule has 0 radical (unpaired) electrons. The van der Waals surface area contributed by atoms with Gasteiger partial charge in [-0.1, -0.05) is 5.11 Å². The summed E-state index contributed by atoms with van der Waals surface area (Å²) in [6.45, 7) is 0.868. The number of amides is 1. The molecule has 1 aliphatic rings. The second-order valence-electron chi connectivity index (χ2n) is 4.80. The van der Waals surface area contributed by atoms with Crippen molar-refractivity contribution in [3.05, 3.63) is 45.8 Å². The maximum Gasteiger partial charge on any atom is 0.416 e. The van der Waals surface area contributed by atoms with Gasteiger partial charge in [0.25, 0.3) is 5.91 Å². The van der Waals surface area contributed by atoms with Crippen LogP contribution in [-0.4, -0.2) is 29.9 Å². The largest absolute Gasteiger partial charge is 0.416 e. The van der Waals surface area contributed by atoms with Gasteiger partial charge in [-0.3, -0.25) is 4.79 Å². The van der Waals surface area contributed by atoms with Crippen LogP contribution in [0.2, 0.25) is 0 Å². The number of hydrogen-bond acceptors (Lipinski definition) is 2. The van der Waals surface area contributed by atoms with Gasteiger partial charge >= 0.3 is 6.18 Å². The van der Waals surface area contributed by atoms with E-state index in [-0.39, 0.29) is 17.5 Å². The minimum absolute atomic E-state index is 0.119. The SMILES string of the molecule is [N-]=[N+]=NC1CCN(C(=O)c2ccc(C(F)(F)F)cc2)CC1. The second-order valence-corrected chi connectivity index (χ2v) is 4.80. The van der Waals surface area contributed by atoms with Crippen LogP contribution in [0.3, 0.4) is 0 Å². The van der Waals surface area contributed by atoms with Gasteiger partial charge < -0.3 is 4.90 Å². The van der Waals surface area contributed by atoms with E-state index in [1.165, 1.54) is 12.1 Å². The minimum atomic E-state index is -4.41. The first-order chi connectivity index (χ1) is 9.91. The van der Waals surface area contributed by atoms with Crippen LogP contribution in [-0.2, 0) is 6.18 Å². The van der Waals surface area contributed by atoms with E-state index in [0.717, 1.165) is 12.1 Å². The van der Waals surface area contributed by atoms with Crippen molar-refractivity contribution in [3.8, 4) is 0 Å². The number of carbonyl (C=O) groups is 1. The first kappa shape index (κ1) is 15.2. The molecule has 1 amide bonds. The summed E-state index contributed by atoms with van der Waals surface area (Å²) in [6.07, 6.45) is -3.28. The van der Waals surface area contributed by atoms with Crippen molar-refractivity contribution in [2.45, 2.75) is 25.1 Å². The van der Waals surface area contributed by atoms with Crippen molar-refractivity contribution in [1.82, 2.24) is 4.90 Å². The highest BCUT2D eigenvalue weighted by atomic mass is 19.4. The Bertz CT molecular complexity index is 556. The predicted molar refractivity (Wildman–Crippen MR) is 69.5 cm³/mol. The molecule has 1 fully saturated rings. The van der Waals surface area contributed by atoms with E-state index in [4.69, 9.17) is 5.53 Å². The monoisotopic (exact) mass is 298 g/mol. The Morgan fingerprint density at radius 2 is 1.81 bits per heavy atom. The van der Waals surface area contributed by atoms with Crippen molar-refractivity contribution >= 4 is 5.91 Å². The normalized spacial score (nSPS) is 16.4. The van der Waals surface area contributed by atoms with Crippen LogP contribution in [0, 0.1) is 0 Å². The molecule has 1 aliphatic heterocycles. The lowest BCUT2D eigenvalue weighted by Gasteiger charge is -2.30. The van der Waals surface area contributed by atoms with Gasteiger partial charge in [0.1, 0.15) is 0 Å². The van der Waals surface area contributed by atoms with Crippen LogP contribution in [0.25, 0.3) is 10.4 Å². The van der Waals surface area contributed by atoms with Gasteiger partial charge in [-0.15, -0.1) is 0 Å². The molecule has 112 valence electrons. The number of azide groups is 1. The molecule has 0 N–H and O–H groups in total. The van der Waals surface area contributed by atoms with Crippen LogP contribution < -0.4 is 0 Å². The Morgan fingerprint density at radius 3 is 2.29 bits per heavy atom. The van der Waals surface area contributed by atoms with Gasteiger partial charge in [0.15, 0.2) is 0 Å². The van der Waals surface area contributed by atoms with Crippen LogP contribution in [0.15, 0.2) is 29.4 Å². The standard InChI is InChI=1S/C13H13F3N4O/c14-13(15,16)10-3-1-9(2-4-10)12(21)20-7-5-11(6-8-20)18-19-17/h1-4,11H,5-8H2. The number of halogens is 3. The number of piperidine rings is 1. The highest BCUT2D eigenvalue weighted by Crippen LogP contribution is 2.29. The van der Waals surface area contributed by atoms with E-state index < -0.39 is 11.7 Å². The van der Waals surface area contributed by atoms with Gasteiger partial charge in [-0.25, -0.2) is 0 Å². The number of hydrogen-bond donors (Lipinski definition) is 0. The fourth-order valence-corrected chi connectivity index (χ4v) is 2.24. The molecule has 21 heavy (non-hydrogen) atoms. The summed E-state index contributed by atoms with van der Waals surface area (Å²) < 4.78 is 37.4. The molecule has 5 nitrogen and oxygen atoms in total. The summed E-state index contributed by atoms with van der Waals surface area (Å²) in [5.74, 6) is -0.303. The maximum absolute atomic E-state index is 12.5. The number of carbonyl (C=O) groups excluding carboxylic acids is 1. The average Bonchev–Trinajstić information content (AvgIpc) is 2.47. The minimum Gasteiger partial charge on any atom is -0.339 e. The first-order valence-corrected chi connectivity index (χ1v) is 6.42. The Balaban J connectivity index is 2.02. The van der Waals surface area contributed by atoms with E-state index in [0.29, 0.717) is 25.9 Å². The number of nitrogens with zero attached hydrogens (tertiary/aromatic N) is 4. The van der Waals surface area contributed by atoms with Crippen LogP contribution in [0.5, 0.6) is 0 Å². The third-order valence-electron chi connectivity index (χ3n) is 3.43. The summed E-state index contributed by atoms with van der Waals surface area (Å²) >= 11 is 0. The van der Waals surface area contributed by atoms with Crippen LogP contribution >= 0.6 is 0 Å². The fraction of sp³-hybridized carbons (Fsp3) is 0.462. The molecule has 0 aromatic heterocycles. The Labute approximate surface area is 119 Å². The molecule has 1 heterocycles. The number of likely N-dealkylation sites (tertiary alicyclic amines) is 1. The molecule has 0 atom stereocenters. The summed E-state index contributed by atoms with van der Waals surface area (Å²) in [4.78, 5) is 16.5. The van der Waals surface area contributed by atoms with Gasteiger partial charge in [0, 0.05) is 29.6 Å². The summed E-state index contributed by atoms with van der Waals surface area (Å²) in [7, 11) is 0. The van der Waals surface area contributed by atoms with E-state index in [1.807, 2.05) is 0 Å². The number of alkyl halides is 3. The predicted octanol–water partition coefficient (Wildman–Crippen LogP) is 3.62. The molecule has 0 aliphatic carbocycles. The number of benzene rings is 1. The molecule has 0 bridgehead atoms. The molecule has 0 unspecified atom stereocenters. The molecule has 0 spiro atoms. The highest BCUT2D eigenvalue weighted by molar-refractivity contribution is 5.94. The summed E-state index contributed by atoms with van der Waals surface area (Å²) in [6, 6.07) is 4.06. The molecular formula is C13H13F3N4O. The Morgan fingerprint density at radius 1 is 1.24 bits per heavy atom. The highest BCUT2D eigenvalue weighted by Gasteiger charge is 2.30. The summed E-state index contributed by atoms with van der Waals surface area (Å²) in [5.41, 5.74) is 7.80. The van der Waals surface area contributed by atoms with Crippen molar-refractivity contribution < 1.29 is 18.0 Å². The van der Waals surface area contributed by atoms with E-state index in [2.05, 4.69) is 10.0 Å². The molecule has 2 rings (SSSR count). The van der Waals surface area contributed by atoms with Crippen molar-refractivity contribution in [3.63, 3.8) is 0 Å². The van der Waals surface area contributed by atoms with Gasteiger partial charge in [-0.2, -0.15) is 13.2 Å².